The molecule has 49 heavy (non-hydrogen) atoms. The molecule has 2 bridgehead atoms. The molecule has 4 aliphatic rings. The van der Waals surface area contributed by atoms with Gasteiger partial charge in [-0.1, -0.05) is 36.7 Å². The van der Waals surface area contributed by atoms with E-state index in [-0.39, 0.29) is 28.7 Å². The molecule has 1 saturated carbocycles. The highest BCUT2D eigenvalue weighted by Gasteiger charge is 2.49. The van der Waals surface area contributed by atoms with E-state index in [1.54, 1.807) is 44.5 Å². The molecule has 9 nitrogen and oxygen atoms in total. The number of nitrogens with one attached hydrogen (secondary N) is 1. The van der Waals surface area contributed by atoms with E-state index in [4.69, 9.17) is 21.1 Å². The first-order valence-electron chi connectivity index (χ1n) is 17.2. The summed E-state index contributed by atoms with van der Waals surface area (Å²) < 4.78 is 41.2. The maximum Gasteiger partial charge on any atom is 0.264 e. The number of anilines is 1. The molecule has 260 valence electrons. The van der Waals surface area contributed by atoms with Crippen LogP contribution in [0.5, 0.6) is 11.6 Å². The number of aromatic nitrogens is 1. The van der Waals surface area contributed by atoms with Crippen LogP contribution in [0.1, 0.15) is 73.0 Å². The summed E-state index contributed by atoms with van der Waals surface area (Å²) >= 11 is 6.45. The van der Waals surface area contributed by atoms with E-state index in [0.717, 1.165) is 37.8 Å². The van der Waals surface area contributed by atoms with Gasteiger partial charge in [-0.2, -0.15) is 0 Å². The molecule has 2 aliphatic heterocycles. The molecule has 1 spiro atoms. The van der Waals surface area contributed by atoms with Gasteiger partial charge in [0.25, 0.3) is 5.91 Å². The summed E-state index contributed by atoms with van der Waals surface area (Å²) in [5, 5.41) is 12.5. The minimum absolute atomic E-state index is 0.107. The van der Waals surface area contributed by atoms with Crippen molar-refractivity contribution in [2.45, 2.75) is 68.6 Å². The number of rotatable bonds is 2. The van der Waals surface area contributed by atoms with E-state index in [9.17, 15) is 18.3 Å². The molecule has 2 N–H and O–H groups in total. The summed E-state index contributed by atoms with van der Waals surface area (Å²) in [5.74, 6) is 0.0896. The fraction of sp³-hybridized carbons (Fsp3) is 0.474. The quantitative estimate of drug-likeness (QED) is 0.304. The van der Waals surface area contributed by atoms with Crippen molar-refractivity contribution in [2.75, 3.05) is 31.7 Å². The predicted octanol–water partition coefficient (Wildman–Crippen LogP) is 6.17. The number of carbonyl (C=O) groups excluding carboxylic acids is 1. The third-order valence-electron chi connectivity index (χ3n) is 11.6. The number of benzene rings is 2. The predicted molar refractivity (Wildman–Crippen MR) is 190 cm³/mol. The summed E-state index contributed by atoms with van der Waals surface area (Å²) in [5.41, 5.74) is 2.44. The van der Waals surface area contributed by atoms with Crippen LogP contribution in [0.15, 0.2) is 66.9 Å². The molecule has 0 radical (unpaired) electrons. The Labute approximate surface area is 293 Å². The average Bonchev–Trinajstić information content (AvgIpc) is 3.22. The monoisotopic (exact) mass is 705 g/mol. The summed E-state index contributed by atoms with van der Waals surface area (Å²) in [6.45, 7) is 5.15. The lowest BCUT2D eigenvalue weighted by Crippen LogP contribution is -2.51. The molecule has 7 rings (SSSR count). The Bertz CT molecular complexity index is 1880. The zero-order valence-corrected chi connectivity index (χ0v) is 29.8. The number of allylic oxidation sites excluding steroid dienone is 1. The smallest absolute Gasteiger partial charge is 0.264 e. The molecule has 0 saturated heterocycles. The average molecular weight is 706 g/mol. The van der Waals surface area contributed by atoms with E-state index >= 15 is 0 Å². The molecule has 1 amide bonds. The Kier molecular flexibility index (Phi) is 8.94. The number of aryl methyl sites for hydroxylation is 1. The number of hydrogen-bond acceptors (Lipinski definition) is 8. The number of amides is 1. The van der Waals surface area contributed by atoms with E-state index < -0.39 is 26.8 Å². The second-order valence-corrected chi connectivity index (χ2v) is 16.9. The summed E-state index contributed by atoms with van der Waals surface area (Å²) in [6.07, 6.45) is 10.4. The van der Waals surface area contributed by atoms with Crippen LogP contribution >= 0.6 is 11.6 Å². The molecule has 1 aromatic heterocycles. The zero-order valence-electron chi connectivity index (χ0n) is 28.2. The highest BCUT2D eigenvalue weighted by atomic mass is 35.5. The van der Waals surface area contributed by atoms with Gasteiger partial charge in [0, 0.05) is 52.8 Å². The minimum atomic E-state index is -4.01. The lowest BCUT2D eigenvalue weighted by atomic mass is 9.62. The van der Waals surface area contributed by atoms with Crippen LogP contribution in [0.4, 0.5) is 5.69 Å². The number of halogens is 1. The van der Waals surface area contributed by atoms with Crippen molar-refractivity contribution < 1.29 is 27.8 Å². The Morgan fingerprint density at radius 2 is 1.96 bits per heavy atom. The van der Waals surface area contributed by atoms with Gasteiger partial charge in [-0.15, -0.1) is 0 Å². The van der Waals surface area contributed by atoms with Gasteiger partial charge >= 0.3 is 0 Å². The second-order valence-electron chi connectivity index (χ2n) is 14.4. The highest BCUT2D eigenvalue weighted by molar-refractivity contribution is 7.90. The van der Waals surface area contributed by atoms with Crippen molar-refractivity contribution in [3.63, 3.8) is 0 Å². The zero-order chi connectivity index (χ0) is 34.6. The van der Waals surface area contributed by atoms with Crippen LogP contribution in [0.2, 0.25) is 5.02 Å². The van der Waals surface area contributed by atoms with Gasteiger partial charge in [-0.05, 0) is 105 Å². The molecule has 0 unspecified atom stereocenters. The number of methoxy groups -OCH3 is 1. The largest absolute Gasteiger partial charge is 0.490 e. The Hall–Kier alpha value is -3.60. The molecule has 6 atom stereocenters. The fourth-order valence-corrected chi connectivity index (χ4v) is 9.80. The van der Waals surface area contributed by atoms with E-state index in [1.165, 1.54) is 11.1 Å². The highest BCUT2D eigenvalue weighted by Crippen LogP contribution is 2.51. The van der Waals surface area contributed by atoms with Gasteiger partial charge in [0.2, 0.25) is 15.9 Å². The number of fused-ring (bicyclic) bond motifs is 4. The fourth-order valence-electron chi connectivity index (χ4n) is 8.32. The minimum Gasteiger partial charge on any atom is -0.490 e. The lowest BCUT2D eigenvalue weighted by Gasteiger charge is -2.49. The van der Waals surface area contributed by atoms with Gasteiger partial charge < -0.3 is 19.5 Å². The molecular formula is C38H44ClN3O6S. The van der Waals surface area contributed by atoms with Crippen LogP contribution < -0.4 is 19.1 Å². The Morgan fingerprint density at radius 3 is 2.69 bits per heavy atom. The number of pyridine rings is 1. The standard InChI is InChI=1S/C38H44ClN3O6S/c1-24-6-4-17-38(44,29-10-15-35(47-3)40-20-29)32-12-8-28(32)21-42-22-37(16-5-7-26-18-30(39)11-13-31(26)37)23-48-34-14-9-27(19-33(34)42)36(43)41-49(45,46)25(24)2/h4,9-11,13-15,17-20,24-25,28,32,44H,5-8,12,16,21-23H2,1-3H3,(H,41,43)/b17-4+/t24-,25+,28-,32+,37-,38+/m0/s1. The van der Waals surface area contributed by atoms with Crippen molar-refractivity contribution in [3.05, 3.63) is 94.2 Å². The van der Waals surface area contributed by atoms with Crippen molar-refractivity contribution in [1.82, 2.24) is 9.71 Å². The van der Waals surface area contributed by atoms with E-state index in [2.05, 4.69) is 26.7 Å². The number of hydrogen-bond donors (Lipinski definition) is 2. The first kappa shape index (κ1) is 33.9. The molecule has 2 aliphatic carbocycles. The number of sulfonamides is 1. The summed E-state index contributed by atoms with van der Waals surface area (Å²) in [4.78, 5) is 20.3. The SMILES string of the molecule is COc1ccc([C@]2(O)/C=C/C[C@H](C)[C@@H](C)S(=O)(=O)NC(=O)c3ccc4c(c3)N(C[C@@H]3CC[C@H]32)C[C@@]2(CCCc3cc(Cl)ccc32)CO4)cn1. The maximum absolute atomic E-state index is 13.5. The van der Waals surface area contributed by atoms with Crippen LogP contribution in [0, 0.1) is 17.8 Å². The number of aliphatic hydroxyl groups is 1. The third-order valence-corrected chi connectivity index (χ3v) is 13.7. The van der Waals surface area contributed by atoms with Crippen LogP contribution in [-0.4, -0.2) is 56.5 Å². The Balaban J connectivity index is 1.34. The second kappa shape index (κ2) is 12.9. The van der Waals surface area contributed by atoms with E-state index in [0.29, 0.717) is 48.3 Å². The molecule has 11 heteroatoms. The number of carbonyl (C=O) groups is 1. The third kappa shape index (κ3) is 6.21. The molecule has 2 aromatic carbocycles. The lowest BCUT2D eigenvalue weighted by molar-refractivity contribution is -0.0502. The van der Waals surface area contributed by atoms with Crippen molar-refractivity contribution in [2.24, 2.45) is 17.8 Å². The van der Waals surface area contributed by atoms with Crippen LogP contribution in [0.3, 0.4) is 0 Å². The molecule has 3 aromatic rings. The summed E-state index contributed by atoms with van der Waals surface area (Å²) in [6, 6.07) is 14.9. The van der Waals surface area contributed by atoms with Gasteiger partial charge in [0.1, 0.15) is 11.4 Å². The van der Waals surface area contributed by atoms with Crippen LogP contribution in [-0.2, 0) is 27.5 Å². The van der Waals surface area contributed by atoms with Crippen molar-refractivity contribution in [3.8, 4) is 11.6 Å². The van der Waals surface area contributed by atoms with Gasteiger partial charge in [-0.3, -0.25) is 4.79 Å². The van der Waals surface area contributed by atoms with E-state index in [1.807, 2.05) is 31.2 Å². The van der Waals surface area contributed by atoms with Crippen molar-refractivity contribution >= 4 is 33.2 Å². The summed E-state index contributed by atoms with van der Waals surface area (Å²) in [7, 11) is -2.45. The topological polar surface area (TPSA) is 118 Å². The van der Waals surface area contributed by atoms with Crippen LogP contribution in [0.25, 0.3) is 0 Å². The van der Waals surface area contributed by atoms with Gasteiger partial charge in [-0.25, -0.2) is 18.1 Å². The van der Waals surface area contributed by atoms with Gasteiger partial charge in [0.15, 0.2) is 0 Å². The molecular weight excluding hydrogens is 662 g/mol. The molecule has 3 heterocycles. The molecule has 1 fully saturated rings. The normalized spacial score (nSPS) is 31.6. The van der Waals surface area contributed by atoms with Crippen molar-refractivity contribution in [1.29, 1.82) is 0 Å². The Morgan fingerprint density at radius 1 is 1.12 bits per heavy atom. The number of nitrogens with zero attached hydrogens (tertiary/aromatic N) is 2. The van der Waals surface area contributed by atoms with Gasteiger partial charge in [0.05, 0.1) is 24.7 Å². The number of ether oxygens (including phenoxy) is 2. The first-order chi connectivity index (χ1) is 23.4. The first-order valence-corrected chi connectivity index (χ1v) is 19.1. The maximum atomic E-state index is 13.5.